The van der Waals surface area contributed by atoms with E-state index in [1.54, 1.807) is 30.3 Å². The maximum atomic E-state index is 11.6. The summed E-state index contributed by atoms with van der Waals surface area (Å²) in [5, 5.41) is 0. The molecule has 0 aromatic heterocycles. The van der Waals surface area contributed by atoms with Gasteiger partial charge in [-0.05, 0) is 34.7 Å². The molecule has 0 atom stereocenters. The van der Waals surface area contributed by atoms with Crippen molar-refractivity contribution in [2.45, 2.75) is 26.2 Å². The van der Waals surface area contributed by atoms with Crippen molar-refractivity contribution in [1.29, 1.82) is 0 Å². The van der Waals surface area contributed by atoms with E-state index in [1.807, 2.05) is 32.9 Å². The lowest BCUT2D eigenvalue weighted by Crippen LogP contribution is -2.17. The molecule has 120 valence electrons. The van der Waals surface area contributed by atoms with Crippen LogP contribution in [0.3, 0.4) is 0 Å². The van der Waals surface area contributed by atoms with Crippen LogP contribution in [0.2, 0.25) is 0 Å². The van der Waals surface area contributed by atoms with E-state index in [9.17, 15) is 9.59 Å². The van der Waals surface area contributed by atoms with Gasteiger partial charge < -0.3 is 16.2 Å². The average molecular weight is 312 g/mol. The molecule has 0 aliphatic rings. The number of hydrogen-bond acceptors (Lipinski definition) is 3. The van der Waals surface area contributed by atoms with Crippen LogP contribution in [-0.2, 0) is 5.41 Å². The summed E-state index contributed by atoms with van der Waals surface area (Å²) >= 11 is 0. The summed E-state index contributed by atoms with van der Waals surface area (Å²) in [6, 6.07) is 12.4. The minimum absolute atomic E-state index is 0.167. The van der Waals surface area contributed by atoms with Gasteiger partial charge in [0.1, 0.15) is 5.75 Å². The Bertz CT molecular complexity index is 761. The van der Waals surface area contributed by atoms with Crippen molar-refractivity contribution >= 4 is 12.0 Å². The highest BCUT2D eigenvalue weighted by Crippen LogP contribution is 2.34. The third-order valence-electron chi connectivity index (χ3n) is 3.49. The standard InChI is InChI=1S/C18H20N2O3/c1-18(2,3)13-9-11(8-12(10-13)16(19)21)14-6-4-5-7-15(14)23-17(20)22/h4-10H,1-3H3,(H2,19,21)(H2,20,22). The van der Waals surface area contributed by atoms with Gasteiger partial charge in [-0.2, -0.15) is 0 Å². The first-order valence-corrected chi connectivity index (χ1v) is 7.20. The molecule has 2 aromatic rings. The minimum atomic E-state index is -0.889. The van der Waals surface area contributed by atoms with E-state index in [4.69, 9.17) is 16.2 Å². The monoisotopic (exact) mass is 312 g/mol. The first-order chi connectivity index (χ1) is 10.7. The molecule has 0 heterocycles. The van der Waals surface area contributed by atoms with Gasteiger partial charge >= 0.3 is 6.09 Å². The molecule has 0 bridgehead atoms. The molecule has 0 fully saturated rings. The molecule has 2 rings (SSSR count). The smallest absolute Gasteiger partial charge is 0.409 e. The van der Waals surface area contributed by atoms with E-state index in [-0.39, 0.29) is 5.41 Å². The molecule has 2 aromatic carbocycles. The average Bonchev–Trinajstić information content (AvgIpc) is 2.45. The third kappa shape index (κ3) is 3.88. The summed E-state index contributed by atoms with van der Waals surface area (Å²) in [5.74, 6) is -0.174. The van der Waals surface area contributed by atoms with Crippen molar-refractivity contribution in [2.75, 3.05) is 0 Å². The summed E-state index contributed by atoms with van der Waals surface area (Å²) in [7, 11) is 0. The maximum Gasteiger partial charge on any atom is 0.409 e. The molecule has 0 saturated carbocycles. The molecular formula is C18H20N2O3. The molecule has 5 nitrogen and oxygen atoms in total. The number of hydrogen-bond donors (Lipinski definition) is 2. The zero-order valence-electron chi connectivity index (χ0n) is 13.4. The topological polar surface area (TPSA) is 95.4 Å². The fraction of sp³-hybridized carbons (Fsp3) is 0.222. The molecule has 0 aliphatic carbocycles. The summed E-state index contributed by atoms with van der Waals surface area (Å²) in [6.07, 6.45) is -0.889. The second-order valence-electron chi connectivity index (χ2n) is 6.33. The van der Waals surface area contributed by atoms with Crippen molar-refractivity contribution < 1.29 is 14.3 Å². The van der Waals surface area contributed by atoms with E-state index >= 15 is 0 Å². The number of amides is 2. The van der Waals surface area contributed by atoms with Crippen molar-refractivity contribution in [2.24, 2.45) is 11.5 Å². The maximum absolute atomic E-state index is 11.6. The Labute approximate surface area is 135 Å². The van der Waals surface area contributed by atoms with Gasteiger partial charge in [-0.25, -0.2) is 4.79 Å². The highest BCUT2D eigenvalue weighted by molar-refractivity contribution is 5.95. The number of primary amides is 2. The molecule has 0 unspecified atom stereocenters. The van der Waals surface area contributed by atoms with Crippen LogP contribution in [0.25, 0.3) is 11.1 Å². The van der Waals surface area contributed by atoms with Gasteiger partial charge in [-0.3, -0.25) is 4.79 Å². The van der Waals surface area contributed by atoms with Crippen molar-refractivity contribution in [3.63, 3.8) is 0 Å². The summed E-state index contributed by atoms with van der Waals surface area (Å²) in [4.78, 5) is 22.7. The Hall–Kier alpha value is -2.82. The van der Waals surface area contributed by atoms with Crippen molar-refractivity contribution in [3.8, 4) is 16.9 Å². The van der Waals surface area contributed by atoms with E-state index in [1.165, 1.54) is 0 Å². The van der Waals surface area contributed by atoms with Crippen LogP contribution in [0.4, 0.5) is 4.79 Å². The second kappa shape index (κ2) is 6.12. The Morgan fingerprint density at radius 2 is 1.65 bits per heavy atom. The van der Waals surface area contributed by atoms with Crippen LogP contribution in [0.5, 0.6) is 5.75 Å². The third-order valence-corrected chi connectivity index (χ3v) is 3.49. The van der Waals surface area contributed by atoms with E-state index in [2.05, 4.69) is 0 Å². The van der Waals surface area contributed by atoms with Gasteiger partial charge in [0.15, 0.2) is 0 Å². The van der Waals surface area contributed by atoms with Crippen molar-refractivity contribution in [3.05, 3.63) is 53.6 Å². The molecular weight excluding hydrogens is 292 g/mol. The predicted octanol–water partition coefficient (Wildman–Crippen LogP) is 3.21. The Kier molecular flexibility index (Phi) is 4.40. The van der Waals surface area contributed by atoms with Gasteiger partial charge in [0, 0.05) is 11.1 Å². The predicted molar refractivity (Wildman–Crippen MR) is 89.3 cm³/mol. The molecule has 0 saturated heterocycles. The van der Waals surface area contributed by atoms with Gasteiger partial charge in [-0.15, -0.1) is 0 Å². The highest BCUT2D eigenvalue weighted by Gasteiger charge is 2.18. The van der Waals surface area contributed by atoms with Gasteiger partial charge in [0.25, 0.3) is 0 Å². The van der Waals surface area contributed by atoms with E-state index in [0.29, 0.717) is 16.9 Å². The zero-order chi connectivity index (χ0) is 17.2. The molecule has 4 N–H and O–H groups in total. The first kappa shape index (κ1) is 16.5. The molecule has 0 spiro atoms. The summed E-state index contributed by atoms with van der Waals surface area (Å²) < 4.78 is 5.05. The van der Waals surface area contributed by atoms with E-state index < -0.39 is 12.0 Å². The lowest BCUT2D eigenvalue weighted by Gasteiger charge is -2.21. The Balaban J connectivity index is 2.66. The highest BCUT2D eigenvalue weighted by atomic mass is 16.5. The number of para-hydroxylation sites is 1. The molecule has 0 radical (unpaired) electrons. The lowest BCUT2D eigenvalue weighted by molar-refractivity contribution is 0.1000. The Morgan fingerprint density at radius 1 is 1.00 bits per heavy atom. The first-order valence-electron chi connectivity index (χ1n) is 7.20. The molecule has 0 aliphatic heterocycles. The zero-order valence-corrected chi connectivity index (χ0v) is 13.4. The van der Waals surface area contributed by atoms with Crippen LogP contribution in [-0.4, -0.2) is 12.0 Å². The number of rotatable bonds is 3. The van der Waals surface area contributed by atoms with Crippen LogP contribution >= 0.6 is 0 Å². The van der Waals surface area contributed by atoms with Gasteiger partial charge in [0.05, 0.1) is 0 Å². The SMILES string of the molecule is CC(C)(C)c1cc(C(N)=O)cc(-c2ccccc2OC(N)=O)c1. The summed E-state index contributed by atoms with van der Waals surface area (Å²) in [6.45, 7) is 6.13. The van der Waals surface area contributed by atoms with Crippen LogP contribution in [0.15, 0.2) is 42.5 Å². The van der Waals surface area contributed by atoms with Gasteiger partial charge in [0.2, 0.25) is 5.91 Å². The molecule has 23 heavy (non-hydrogen) atoms. The van der Waals surface area contributed by atoms with E-state index in [0.717, 1.165) is 11.1 Å². The van der Waals surface area contributed by atoms with Crippen LogP contribution in [0, 0.1) is 0 Å². The second-order valence-corrected chi connectivity index (χ2v) is 6.33. The lowest BCUT2D eigenvalue weighted by atomic mass is 9.84. The number of nitrogens with two attached hydrogens (primary N) is 2. The van der Waals surface area contributed by atoms with Crippen molar-refractivity contribution in [1.82, 2.24) is 0 Å². The summed E-state index contributed by atoms with van der Waals surface area (Å²) in [5.41, 5.74) is 13.2. The van der Waals surface area contributed by atoms with Crippen LogP contribution in [0.1, 0.15) is 36.7 Å². The number of carbonyl (C=O) groups excluding carboxylic acids is 2. The fourth-order valence-corrected chi connectivity index (χ4v) is 2.26. The minimum Gasteiger partial charge on any atom is -0.410 e. The number of ether oxygens (including phenoxy) is 1. The normalized spacial score (nSPS) is 11.1. The quantitative estimate of drug-likeness (QED) is 0.911. The Morgan fingerprint density at radius 3 is 2.22 bits per heavy atom. The largest absolute Gasteiger partial charge is 0.410 e. The van der Waals surface area contributed by atoms with Crippen LogP contribution < -0.4 is 16.2 Å². The van der Waals surface area contributed by atoms with Gasteiger partial charge in [-0.1, -0.05) is 45.0 Å². The molecule has 2 amide bonds. The fourth-order valence-electron chi connectivity index (χ4n) is 2.26. The number of benzene rings is 2. The molecule has 5 heteroatoms. The number of carbonyl (C=O) groups is 2.